The van der Waals surface area contributed by atoms with Crippen molar-refractivity contribution in [3.05, 3.63) is 24.3 Å². The maximum Gasteiger partial charge on any atom is 0.119 e. The third-order valence-electron chi connectivity index (χ3n) is 4.10. The first-order valence-corrected chi connectivity index (χ1v) is 7.80. The van der Waals surface area contributed by atoms with Gasteiger partial charge < -0.3 is 24.6 Å². The highest BCUT2D eigenvalue weighted by Crippen LogP contribution is 2.20. The number of rotatable bonds is 4. The summed E-state index contributed by atoms with van der Waals surface area (Å²) < 4.78 is 11.6. The Morgan fingerprint density at radius 3 is 2.67 bits per heavy atom. The summed E-state index contributed by atoms with van der Waals surface area (Å²) in [6, 6.07) is 8.41. The van der Waals surface area contributed by atoms with E-state index in [-0.39, 0.29) is 6.10 Å². The van der Waals surface area contributed by atoms with E-state index < -0.39 is 0 Å². The van der Waals surface area contributed by atoms with Crippen molar-refractivity contribution in [2.24, 2.45) is 0 Å². The molecule has 1 unspecified atom stereocenters. The molecular formula is C16H25N3O2. The van der Waals surface area contributed by atoms with E-state index in [0.29, 0.717) is 6.61 Å². The van der Waals surface area contributed by atoms with Gasteiger partial charge in [0.05, 0.1) is 6.61 Å². The van der Waals surface area contributed by atoms with Gasteiger partial charge in [0.2, 0.25) is 0 Å². The van der Waals surface area contributed by atoms with Gasteiger partial charge in [0, 0.05) is 45.0 Å². The van der Waals surface area contributed by atoms with Crippen LogP contribution in [0.3, 0.4) is 0 Å². The van der Waals surface area contributed by atoms with Gasteiger partial charge >= 0.3 is 0 Å². The molecule has 0 saturated carbocycles. The van der Waals surface area contributed by atoms with Crippen LogP contribution in [0.2, 0.25) is 0 Å². The molecule has 0 radical (unpaired) electrons. The van der Waals surface area contributed by atoms with E-state index in [0.717, 1.165) is 51.6 Å². The monoisotopic (exact) mass is 291 g/mol. The minimum absolute atomic E-state index is 0.177. The SMILES string of the molecule is CN1CCOC(COc2ccc(N3CCNCC3)cc2)C1. The first kappa shape index (κ1) is 14.6. The average molecular weight is 291 g/mol. The zero-order chi connectivity index (χ0) is 14.5. The summed E-state index contributed by atoms with van der Waals surface area (Å²) in [7, 11) is 2.12. The number of ether oxygens (including phenoxy) is 2. The van der Waals surface area contributed by atoms with Gasteiger partial charge in [0.25, 0.3) is 0 Å². The molecule has 0 amide bonds. The minimum Gasteiger partial charge on any atom is -0.491 e. The number of hydrogen-bond donors (Lipinski definition) is 1. The zero-order valence-corrected chi connectivity index (χ0v) is 12.8. The van der Waals surface area contributed by atoms with Crippen LogP contribution in [0.4, 0.5) is 5.69 Å². The van der Waals surface area contributed by atoms with Crippen molar-refractivity contribution in [2.45, 2.75) is 6.10 Å². The fourth-order valence-corrected chi connectivity index (χ4v) is 2.83. The van der Waals surface area contributed by atoms with Gasteiger partial charge in [0.1, 0.15) is 18.5 Å². The van der Waals surface area contributed by atoms with Crippen LogP contribution in [0.25, 0.3) is 0 Å². The molecule has 5 nitrogen and oxygen atoms in total. The quantitative estimate of drug-likeness (QED) is 0.888. The zero-order valence-electron chi connectivity index (χ0n) is 12.8. The van der Waals surface area contributed by atoms with Crippen LogP contribution < -0.4 is 15.0 Å². The third-order valence-corrected chi connectivity index (χ3v) is 4.10. The number of nitrogens with zero attached hydrogens (tertiary/aromatic N) is 2. The van der Waals surface area contributed by atoms with E-state index in [1.165, 1.54) is 5.69 Å². The number of morpholine rings is 1. The summed E-state index contributed by atoms with van der Waals surface area (Å²) in [5.41, 5.74) is 1.28. The standard InChI is InChI=1S/C16H25N3O2/c1-18-10-11-20-16(12-18)13-21-15-4-2-14(3-5-15)19-8-6-17-7-9-19/h2-5,16-17H,6-13H2,1H3. The third kappa shape index (κ3) is 4.09. The smallest absolute Gasteiger partial charge is 0.119 e. The Morgan fingerprint density at radius 2 is 1.95 bits per heavy atom. The van der Waals surface area contributed by atoms with Gasteiger partial charge in [-0.05, 0) is 31.3 Å². The van der Waals surface area contributed by atoms with E-state index in [4.69, 9.17) is 9.47 Å². The molecule has 2 fully saturated rings. The first-order valence-electron chi connectivity index (χ1n) is 7.80. The lowest BCUT2D eigenvalue weighted by atomic mass is 10.2. The number of nitrogens with one attached hydrogen (secondary N) is 1. The van der Waals surface area contributed by atoms with Crippen LogP contribution in [-0.4, -0.2) is 70.5 Å². The molecule has 1 aromatic carbocycles. The molecule has 3 rings (SSSR count). The van der Waals surface area contributed by atoms with E-state index in [1.54, 1.807) is 0 Å². The second-order valence-corrected chi connectivity index (χ2v) is 5.80. The van der Waals surface area contributed by atoms with Gasteiger partial charge in [0.15, 0.2) is 0 Å². The van der Waals surface area contributed by atoms with E-state index in [1.807, 2.05) is 0 Å². The summed E-state index contributed by atoms with van der Waals surface area (Å²) in [5, 5.41) is 3.37. The number of piperazine rings is 1. The Bertz CT molecular complexity index is 432. The van der Waals surface area contributed by atoms with Gasteiger partial charge in [-0.15, -0.1) is 0 Å². The van der Waals surface area contributed by atoms with E-state index in [9.17, 15) is 0 Å². The van der Waals surface area contributed by atoms with Crippen LogP contribution in [0.1, 0.15) is 0 Å². The topological polar surface area (TPSA) is 37.0 Å². The molecule has 1 N–H and O–H groups in total. The van der Waals surface area contributed by atoms with Crippen molar-refractivity contribution < 1.29 is 9.47 Å². The number of benzene rings is 1. The minimum atomic E-state index is 0.177. The normalized spacial score (nSPS) is 24.0. The molecule has 0 aromatic heterocycles. The van der Waals surface area contributed by atoms with Crippen molar-refractivity contribution in [3.63, 3.8) is 0 Å². The largest absolute Gasteiger partial charge is 0.491 e. The lowest BCUT2D eigenvalue weighted by Crippen LogP contribution is -2.43. The summed E-state index contributed by atoms with van der Waals surface area (Å²) in [5.74, 6) is 0.922. The Morgan fingerprint density at radius 1 is 1.19 bits per heavy atom. The lowest BCUT2D eigenvalue weighted by molar-refractivity contribution is -0.0403. The van der Waals surface area contributed by atoms with E-state index in [2.05, 4.69) is 46.4 Å². The molecule has 5 heteroatoms. The Balaban J connectivity index is 1.49. The molecule has 0 bridgehead atoms. The highest BCUT2D eigenvalue weighted by atomic mass is 16.5. The van der Waals surface area contributed by atoms with Crippen LogP contribution in [0, 0.1) is 0 Å². The van der Waals surface area contributed by atoms with Crippen molar-refractivity contribution >= 4 is 5.69 Å². The molecule has 2 aliphatic heterocycles. The van der Waals surface area contributed by atoms with Crippen LogP contribution in [0.15, 0.2) is 24.3 Å². The number of hydrogen-bond acceptors (Lipinski definition) is 5. The molecule has 21 heavy (non-hydrogen) atoms. The van der Waals surface area contributed by atoms with Gasteiger partial charge in [-0.25, -0.2) is 0 Å². The Labute approximate surface area is 126 Å². The number of anilines is 1. The molecule has 1 atom stereocenters. The second kappa shape index (κ2) is 7.11. The average Bonchev–Trinajstić information content (AvgIpc) is 2.54. The van der Waals surface area contributed by atoms with Crippen molar-refractivity contribution in [1.82, 2.24) is 10.2 Å². The summed E-state index contributed by atoms with van der Waals surface area (Å²) in [6.07, 6.45) is 0.177. The second-order valence-electron chi connectivity index (χ2n) is 5.80. The highest BCUT2D eigenvalue weighted by Gasteiger charge is 2.18. The van der Waals surface area contributed by atoms with Crippen LogP contribution in [0.5, 0.6) is 5.75 Å². The predicted octanol–water partition coefficient (Wildman–Crippen LogP) is 0.806. The van der Waals surface area contributed by atoms with Gasteiger partial charge in [-0.3, -0.25) is 0 Å². The molecular weight excluding hydrogens is 266 g/mol. The maximum absolute atomic E-state index is 5.85. The van der Waals surface area contributed by atoms with Crippen molar-refractivity contribution in [1.29, 1.82) is 0 Å². The van der Waals surface area contributed by atoms with Gasteiger partial charge in [-0.1, -0.05) is 0 Å². The summed E-state index contributed by atoms with van der Waals surface area (Å²) >= 11 is 0. The van der Waals surface area contributed by atoms with Gasteiger partial charge in [-0.2, -0.15) is 0 Å². The molecule has 1 aromatic rings. The Kier molecular flexibility index (Phi) is 4.95. The Hall–Kier alpha value is -1.30. The predicted molar refractivity (Wildman–Crippen MR) is 84.3 cm³/mol. The highest BCUT2D eigenvalue weighted by molar-refractivity contribution is 5.49. The molecule has 2 aliphatic rings. The van der Waals surface area contributed by atoms with Crippen molar-refractivity contribution in [2.75, 3.05) is 64.4 Å². The fourth-order valence-electron chi connectivity index (χ4n) is 2.83. The summed E-state index contributed by atoms with van der Waals surface area (Å²) in [4.78, 5) is 4.69. The lowest BCUT2D eigenvalue weighted by Gasteiger charge is -2.30. The van der Waals surface area contributed by atoms with Crippen LogP contribution in [-0.2, 0) is 4.74 Å². The molecule has 116 valence electrons. The molecule has 0 spiro atoms. The van der Waals surface area contributed by atoms with E-state index >= 15 is 0 Å². The first-order chi connectivity index (χ1) is 10.3. The molecule has 0 aliphatic carbocycles. The van der Waals surface area contributed by atoms with Crippen molar-refractivity contribution in [3.8, 4) is 5.75 Å². The molecule has 2 saturated heterocycles. The summed E-state index contributed by atoms with van der Waals surface area (Å²) in [6.45, 7) is 7.64. The fraction of sp³-hybridized carbons (Fsp3) is 0.625. The maximum atomic E-state index is 5.85. The molecule has 2 heterocycles. The number of likely N-dealkylation sites (N-methyl/N-ethyl adjacent to an activating group) is 1. The van der Waals surface area contributed by atoms with Crippen LogP contribution >= 0.6 is 0 Å².